The molecule has 0 unspecified atom stereocenters. The van der Waals surface area contributed by atoms with Gasteiger partial charge in [0.25, 0.3) is 0 Å². The average molecular weight is 529 g/mol. The quantitative estimate of drug-likeness (QED) is 0.225. The number of fused-ring (bicyclic) bond motifs is 1. The first-order chi connectivity index (χ1) is 19.2. The van der Waals surface area contributed by atoms with Crippen molar-refractivity contribution in [1.82, 2.24) is 9.55 Å². The van der Waals surface area contributed by atoms with Gasteiger partial charge in [-0.3, -0.25) is 19.3 Å². The molecular formula is C32H24N4O2S. The normalized spacial score (nSPS) is 13.0. The van der Waals surface area contributed by atoms with Gasteiger partial charge >= 0.3 is 0 Å². The molecule has 6 rings (SSSR count). The Kier molecular flexibility index (Phi) is 6.80. The Bertz CT molecular complexity index is 1640. The Morgan fingerprint density at radius 3 is 2.08 bits per heavy atom. The number of rotatable bonds is 7. The van der Waals surface area contributed by atoms with Crippen LogP contribution in [0.4, 0.5) is 17.1 Å². The van der Waals surface area contributed by atoms with Gasteiger partial charge in [-0.15, -0.1) is 0 Å². The first-order valence-corrected chi connectivity index (χ1v) is 13.5. The van der Waals surface area contributed by atoms with Crippen molar-refractivity contribution in [1.29, 1.82) is 0 Å². The second kappa shape index (κ2) is 10.8. The van der Waals surface area contributed by atoms with E-state index in [1.54, 1.807) is 15.7 Å². The molecule has 39 heavy (non-hydrogen) atoms. The molecule has 1 aliphatic rings. The summed E-state index contributed by atoms with van der Waals surface area (Å²) in [7, 11) is 0. The van der Waals surface area contributed by atoms with E-state index in [4.69, 9.17) is 4.98 Å². The third-order valence-electron chi connectivity index (χ3n) is 6.32. The van der Waals surface area contributed by atoms with Gasteiger partial charge < -0.3 is 5.11 Å². The molecule has 7 heteroatoms. The molecule has 0 spiro atoms. The van der Waals surface area contributed by atoms with Gasteiger partial charge in [-0.25, -0.2) is 4.98 Å². The first kappa shape index (κ1) is 24.5. The Balaban J connectivity index is 1.35. The van der Waals surface area contributed by atoms with Gasteiger partial charge in [0.2, 0.25) is 11.8 Å². The van der Waals surface area contributed by atoms with Crippen LogP contribution in [0.5, 0.6) is 5.88 Å². The van der Waals surface area contributed by atoms with E-state index in [9.17, 15) is 9.90 Å². The fourth-order valence-electron chi connectivity index (χ4n) is 4.49. The van der Waals surface area contributed by atoms with E-state index in [0.717, 1.165) is 33.9 Å². The van der Waals surface area contributed by atoms with E-state index in [-0.39, 0.29) is 17.5 Å². The SMILES string of the molecule is O=C(CSc1nc(/C=C2\C=Nc3ccccc32)c(O)n1-c1ccccc1)N(c1ccccc1)c1ccccc1. The van der Waals surface area contributed by atoms with Crippen molar-refractivity contribution in [3.05, 3.63) is 127 Å². The molecule has 1 amide bonds. The molecule has 1 N–H and O–H groups in total. The van der Waals surface area contributed by atoms with Gasteiger partial charge in [0.15, 0.2) is 5.16 Å². The highest BCUT2D eigenvalue weighted by Crippen LogP contribution is 2.36. The minimum absolute atomic E-state index is 0.00408. The number of anilines is 2. The smallest absolute Gasteiger partial charge is 0.242 e. The molecule has 4 aromatic carbocycles. The zero-order valence-corrected chi connectivity index (χ0v) is 21.7. The van der Waals surface area contributed by atoms with Gasteiger partial charge in [0.1, 0.15) is 5.69 Å². The molecule has 0 atom stereocenters. The molecule has 0 saturated heterocycles. The predicted octanol–water partition coefficient (Wildman–Crippen LogP) is 7.29. The maximum atomic E-state index is 13.6. The Morgan fingerprint density at radius 1 is 0.821 bits per heavy atom. The van der Waals surface area contributed by atoms with E-state index in [1.807, 2.05) is 121 Å². The van der Waals surface area contributed by atoms with Crippen molar-refractivity contribution >= 4 is 52.6 Å². The molecule has 0 aliphatic carbocycles. The van der Waals surface area contributed by atoms with Crippen molar-refractivity contribution in [3.8, 4) is 11.6 Å². The van der Waals surface area contributed by atoms with Crippen molar-refractivity contribution in [2.24, 2.45) is 4.99 Å². The monoisotopic (exact) mass is 528 g/mol. The van der Waals surface area contributed by atoms with E-state index < -0.39 is 0 Å². The van der Waals surface area contributed by atoms with E-state index >= 15 is 0 Å². The van der Waals surface area contributed by atoms with E-state index in [2.05, 4.69) is 4.99 Å². The van der Waals surface area contributed by atoms with Crippen LogP contribution in [0.1, 0.15) is 11.3 Å². The second-order valence-corrected chi connectivity index (χ2v) is 9.78. The van der Waals surface area contributed by atoms with Crippen LogP contribution in [0.3, 0.4) is 0 Å². The summed E-state index contributed by atoms with van der Waals surface area (Å²) in [6.45, 7) is 0. The molecule has 6 nitrogen and oxygen atoms in total. The predicted molar refractivity (Wildman–Crippen MR) is 158 cm³/mol. The van der Waals surface area contributed by atoms with Crippen LogP contribution >= 0.6 is 11.8 Å². The summed E-state index contributed by atoms with van der Waals surface area (Å²) >= 11 is 1.28. The van der Waals surface area contributed by atoms with Crippen LogP contribution in [-0.2, 0) is 4.79 Å². The summed E-state index contributed by atoms with van der Waals surface area (Å²) in [5, 5.41) is 11.8. The molecule has 1 aliphatic heterocycles. The van der Waals surface area contributed by atoms with Crippen LogP contribution in [0.15, 0.2) is 125 Å². The highest BCUT2D eigenvalue weighted by atomic mass is 32.2. The Morgan fingerprint density at radius 2 is 1.41 bits per heavy atom. The Hall–Kier alpha value is -4.88. The number of aromatic nitrogens is 2. The van der Waals surface area contributed by atoms with Crippen LogP contribution in [0.2, 0.25) is 0 Å². The number of carbonyl (C=O) groups excluding carboxylic acids is 1. The van der Waals surface area contributed by atoms with Gasteiger partial charge in [0, 0.05) is 28.7 Å². The van der Waals surface area contributed by atoms with Crippen molar-refractivity contribution in [2.75, 3.05) is 10.7 Å². The van der Waals surface area contributed by atoms with E-state index in [0.29, 0.717) is 10.9 Å². The van der Waals surface area contributed by atoms with Gasteiger partial charge in [-0.2, -0.15) is 0 Å². The van der Waals surface area contributed by atoms with Crippen molar-refractivity contribution in [3.63, 3.8) is 0 Å². The summed E-state index contributed by atoms with van der Waals surface area (Å²) in [6.07, 6.45) is 3.61. The fraction of sp³-hybridized carbons (Fsp3) is 0.0312. The number of para-hydroxylation sites is 4. The zero-order valence-electron chi connectivity index (χ0n) is 20.9. The zero-order chi connectivity index (χ0) is 26.6. The summed E-state index contributed by atoms with van der Waals surface area (Å²) < 4.78 is 1.68. The van der Waals surface area contributed by atoms with Gasteiger partial charge in [0.05, 0.1) is 17.1 Å². The summed E-state index contributed by atoms with van der Waals surface area (Å²) in [5.74, 6) is 0.0218. The molecule has 0 saturated carbocycles. The summed E-state index contributed by atoms with van der Waals surface area (Å²) in [6, 6.07) is 36.5. The third-order valence-corrected chi connectivity index (χ3v) is 7.24. The molecule has 0 radical (unpaired) electrons. The fourth-order valence-corrected chi connectivity index (χ4v) is 5.36. The average Bonchev–Trinajstić information content (AvgIpc) is 3.54. The van der Waals surface area contributed by atoms with Crippen LogP contribution < -0.4 is 4.90 Å². The van der Waals surface area contributed by atoms with Crippen molar-refractivity contribution in [2.45, 2.75) is 5.16 Å². The lowest BCUT2D eigenvalue weighted by atomic mass is 10.1. The third kappa shape index (κ3) is 5.00. The number of amides is 1. The number of imidazole rings is 1. The minimum atomic E-state index is -0.101. The number of benzene rings is 4. The van der Waals surface area contributed by atoms with Gasteiger partial charge in [-0.1, -0.05) is 84.6 Å². The minimum Gasteiger partial charge on any atom is -0.493 e. The topological polar surface area (TPSA) is 70.7 Å². The lowest BCUT2D eigenvalue weighted by Gasteiger charge is -2.23. The standard InChI is InChI=1S/C32H24N4O2S/c37-30(35(24-12-4-1-5-13-24)25-14-6-2-7-15-25)22-39-32-34-29(31(38)36(32)26-16-8-3-9-17-26)20-23-21-33-28-19-11-10-18-27(23)28/h1-21,38H,22H2/b23-20+. The van der Waals surface area contributed by atoms with Crippen molar-refractivity contribution < 1.29 is 9.90 Å². The van der Waals surface area contributed by atoms with Crippen LogP contribution in [0.25, 0.3) is 17.3 Å². The summed E-state index contributed by atoms with van der Waals surface area (Å²) in [4.78, 5) is 24.6. The largest absolute Gasteiger partial charge is 0.493 e. The maximum absolute atomic E-state index is 13.6. The number of aromatic hydroxyl groups is 1. The molecular weight excluding hydrogens is 504 g/mol. The first-order valence-electron chi connectivity index (χ1n) is 12.5. The second-order valence-electron chi connectivity index (χ2n) is 8.84. The lowest BCUT2D eigenvalue weighted by molar-refractivity contribution is -0.115. The van der Waals surface area contributed by atoms with Crippen LogP contribution in [0, 0.1) is 0 Å². The molecule has 190 valence electrons. The number of allylic oxidation sites excluding steroid dienone is 1. The highest BCUT2D eigenvalue weighted by Gasteiger charge is 2.23. The van der Waals surface area contributed by atoms with Crippen LogP contribution in [-0.4, -0.2) is 32.5 Å². The molecule has 5 aromatic rings. The lowest BCUT2D eigenvalue weighted by Crippen LogP contribution is -2.27. The maximum Gasteiger partial charge on any atom is 0.242 e. The number of hydrogen-bond donors (Lipinski definition) is 1. The van der Waals surface area contributed by atoms with Gasteiger partial charge in [-0.05, 0) is 48.5 Å². The number of thioether (sulfide) groups is 1. The Labute approximate surface area is 230 Å². The molecule has 2 heterocycles. The number of nitrogens with zero attached hydrogens (tertiary/aromatic N) is 4. The molecule has 1 aromatic heterocycles. The molecule has 0 bridgehead atoms. The number of carbonyl (C=O) groups is 1. The number of aliphatic imine (C=N–C) groups is 1. The van der Waals surface area contributed by atoms with E-state index in [1.165, 1.54) is 11.8 Å². The number of hydrogen-bond acceptors (Lipinski definition) is 5. The molecule has 0 fully saturated rings. The highest BCUT2D eigenvalue weighted by molar-refractivity contribution is 7.99. The summed E-state index contributed by atoms with van der Waals surface area (Å²) in [5.41, 5.74) is 5.47.